The van der Waals surface area contributed by atoms with Crippen LogP contribution in [0, 0.1) is 11.3 Å². The van der Waals surface area contributed by atoms with Crippen molar-refractivity contribution in [2.24, 2.45) is 11.3 Å². The molecule has 7 heteroatoms. The molecule has 1 unspecified atom stereocenters. The van der Waals surface area contributed by atoms with Gasteiger partial charge in [-0.05, 0) is 88.2 Å². The van der Waals surface area contributed by atoms with Crippen molar-refractivity contribution in [2.75, 3.05) is 0 Å². The summed E-state index contributed by atoms with van der Waals surface area (Å²) in [6.07, 6.45) is 7.41. The number of ether oxygens (including phenoxy) is 1. The maximum absolute atomic E-state index is 6.79. The van der Waals surface area contributed by atoms with Crippen LogP contribution in [0.4, 0.5) is 0 Å². The Labute approximate surface area is 221 Å². The van der Waals surface area contributed by atoms with E-state index >= 15 is 0 Å². The van der Waals surface area contributed by atoms with Crippen LogP contribution in [-0.4, -0.2) is 20.6 Å². The standard InChI is InChI=1S/C29H28Cl2N4O/c1-29(23-10-2-3-11-23)15-22-14-25(27(31)26(30)24(22)16-29)36-17-18-6-4-7-19(12-18)20-8-5-9-21(13-20)28-32-34-35-33-28/h4-9,12-14,23H,2-3,10-11,15-17H2,1H3,(H,32,33,34,35). The molecule has 1 fully saturated rings. The van der Waals surface area contributed by atoms with Gasteiger partial charge in [0.15, 0.2) is 0 Å². The molecule has 2 aliphatic carbocycles. The van der Waals surface area contributed by atoms with Crippen LogP contribution >= 0.6 is 23.2 Å². The predicted octanol–water partition coefficient (Wildman–Crippen LogP) is 7.71. The van der Waals surface area contributed by atoms with Gasteiger partial charge < -0.3 is 4.74 Å². The highest BCUT2D eigenvalue weighted by molar-refractivity contribution is 6.43. The first-order chi connectivity index (χ1) is 17.5. The molecule has 3 aromatic carbocycles. The third-order valence-electron chi connectivity index (χ3n) is 8.00. The van der Waals surface area contributed by atoms with Gasteiger partial charge in [-0.3, -0.25) is 0 Å². The molecule has 0 amide bonds. The lowest BCUT2D eigenvalue weighted by Crippen LogP contribution is -2.26. The summed E-state index contributed by atoms with van der Waals surface area (Å²) in [4.78, 5) is 0. The van der Waals surface area contributed by atoms with Crippen LogP contribution in [0.2, 0.25) is 10.0 Å². The molecule has 4 aromatic rings. The van der Waals surface area contributed by atoms with Crippen molar-refractivity contribution in [1.29, 1.82) is 0 Å². The largest absolute Gasteiger partial charge is 0.487 e. The number of fused-ring (bicyclic) bond motifs is 1. The quantitative estimate of drug-likeness (QED) is 0.283. The minimum Gasteiger partial charge on any atom is -0.487 e. The van der Waals surface area contributed by atoms with E-state index in [1.807, 2.05) is 18.2 Å². The first-order valence-corrected chi connectivity index (χ1v) is 13.3. The molecule has 0 radical (unpaired) electrons. The molecule has 5 nitrogen and oxygen atoms in total. The van der Waals surface area contributed by atoms with Crippen LogP contribution < -0.4 is 4.74 Å². The van der Waals surface area contributed by atoms with Gasteiger partial charge in [-0.2, -0.15) is 5.21 Å². The van der Waals surface area contributed by atoms with Crippen molar-refractivity contribution in [3.8, 4) is 28.3 Å². The average molecular weight is 519 g/mol. The van der Waals surface area contributed by atoms with Gasteiger partial charge in [0.2, 0.25) is 5.82 Å². The zero-order chi connectivity index (χ0) is 24.7. The van der Waals surface area contributed by atoms with Crippen LogP contribution in [0.3, 0.4) is 0 Å². The van der Waals surface area contributed by atoms with E-state index in [0.29, 0.717) is 28.2 Å². The topological polar surface area (TPSA) is 63.7 Å². The van der Waals surface area contributed by atoms with Gasteiger partial charge in [-0.15, -0.1) is 10.2 Å². The van der Waals surface area contributed by atoms with Crippen LogP contribution in [-0.2, 0) is 19.4 Å². The second-order valence-electron chi connectivity index (χ2n) is 10.4. The van der Waals surface area contributed by atoms with Gasteiger partial charge in [-0.25, -0.2) is 0 Å². The van der Waals surface area contributed by atoms with Crippen molar-refractivity contribution in [2.45, 2.75) is 52.1 Å². The second kappa shape index (κ2) is 9.53. The van der Waals surface area contributed by atoms with E-state index in [1.165, 1.54) is 36.8 Å². The predicted molar refractivity (Wildman–Crippen MR) is 143 cm³/mol. The highest BCUT2D eigenvalue weighted by atomic mass is 35.5. The number of H-pyrrole nitrogens is 1. The highest BCUT2D eigenvalue weighted by Crippen LogP contribution is 2.52. The van der Waals surface area contributed by atoms with E-state index < -0.39 is 0 Å². The molecule has 2 aliphatic rings. The Morgan fingerprint density at radius 1 is 0.944 bits per heavy atom. The van der Waals surface area contributed by atoms with Crippen LogP contribution in [0.5, 0.6) is 5.75 Å². The molecule has 0 saturated heterocycles. The molecule has 1 saturated carbocycles. The Morgan fingerprint density at radius 3 is 2.47 bits per heavy atom. The van der Waals surface area contributed by atoms with Gasteiger partial charge in [0.1, 0.15) is 17.4 Å². The number of rotatable bonds is 6. The molecule has 6 rings (SSSR count). The van der Waals surface area contributed by atoms with E-state index in [0.717, 1.165) is 41.0 Å². The lowest BCUT2D eigenvalue weighted by Gasteiger charge is -2.31. The van der Waals surface area contributed by atoms with E-state index in [9.17, 15) is 0 Å². The fourth-order valence-corrected chi connectivity index (χ4v) is 6.59. The highest BCUT2D eigenvalue weighted by Gasteiger charge is 2.42. The fourth-order valence-electron chi connectivity index (χ4n) is 6.08. The second-order valence-corrected chi connectivity index (χ2v) is 11.2. The Morgan fingerprint density at radius 2 is 1.69 bits per heavy atom. The number of hydrogen-bond donors (Lipinski definition) is 1. The lowest BCUT2D eigenvalue weighted by atomic mass is 9.74. The monoisotopic (exact) mass is 518 g/mol. The number of benzene rings is 3. The molecule has 0 spiro atoms. The summed E-state index contributed by atoms with van der Waals surface area (Å²) in [5.74, 6) is 2.01. The molecule has 1 aromatic heterocycles. The molecule has 0 bridgehead atoms. The third kappa shape index (κ3) is 4.39. The molecule has 184 valence electrons. The molecular formula is C29H28Cl2N4O. The number of nitrogens with one attached hydrogen (secondary N) is 1. The number of aromatic nitrogens is 4. The number of hydrogen-bond acceptors (Lipinski definition) is 4. The van der Waals surface area contributed by atoms with Crippen molar-refractivity contribution in [3.63, 3.8) is 0 Å². The SMILES string of the molecule is CC1(C2CCCC2)Cc2cc(OCc3cccc(-c4cccc(-c5nn[nH]n5)c4)c3)c(Cl)c(Cl)c2C1. The molecule has 1 atom stereocenters. The molecule has 0 aliphatic heterocycles. The minimum absolute atomic E-state index is 0.273. The maximum Gasteiger partial charge on any atom is 0.204 e. The van der Waals surface area contributed by atoms with Gasteiger partial charge >= 0.3 is 0 Å². The normalized spacial score (nSPS) is 19.5. The number of aromatic amines is 1. The maximum atomic E-state index is 6.79. The summed E-state index contributed by atoms with van der Waals surface area (Å²) in [5.41, 5.74) is 6.91. The van der Waals surface area contributed by atoms with Crippen molar-refractivity contribution >= 4 is 23.2 Å². The zero-order valence-electron chi connectivity index (χ0n) is 20.2. The first-order valence-electron chi connectivity index (χ1n) is 12.6. The fraction of sp³-hybridized carbons (Fsp3) is 0.345. The number of nitrogens with zero attached hydrogens (tertiary/aromatic N) is 3. The summed E-state index contributed by atoms with van der Waals surface area (Å²) < 4.78 is 6.25. The average Bonchev–Trinajstić information content (AvgIpc) is 3.67. The van der Waals surface area contributed by atoms with Gasteiger partial charge in [0.05, 0.1) is 5.02 Å². The number of tetrazole rings is 1. The Bertz CT molecular complexity index is 1400. The zero-order valence-corrected chi connectivity index (χ0v) is 21.7. The van der Waals surface area contributed by atoms with E-state index in [-0.39, 0.29) is 5.41 Å². The molecule has 1 heterocycles. The Kier molecular flexibility index (Phi) is 6.22. The summed E-state index contributed by atoms with van der Waals surface area (Å²) in [7, 11) is 0. The van der Waals surface area contributed by atoms with Crippen molar-refractivity contribution in [3.05, 3.63) is 81.3 Å². The number of halogens is 2. The van der Waals surface area contributed by atoms with E-state index in [1.54, 1.807) is 0 Å². The molecule has 36 heavy (non-hydrogen) atoms. The third-order valence-corrected chi connectivity index (χ3v) is 8.89. The Balaban J connectivity index is 1.21. The van der Waals surface area contributed by atoms with E-state index in [4.69, 9.17) is 27.9 Å². The summed E-state index contributed by atoms with van der Waals surface area (Å²) >= 11 is 13.5. The van der Waals surface area contributed by atoms with Gasteiger partial charge in [-0.1, -0.05) is 79.4 Å². The first kappa shape index (κ1) is 23.5. The smallest absolute Gasteiger partial charge is 0.204 e. The molecular weight excluding hydrogens is 491 g/mol. The van der Waals surface area contributed by atoms with E-state index in [2.05, 4.69) is 63.9 Å². The van der Waals surface area contributed by atoms with Crippen LogP contribution in [0.25, 0.3) is 22.5 Å². The summed E-state index contributed by atoms with van der Waals surface area (Å²) in [6.45, 7) is 2.83. The Hall–Kier alpha value is -2.89. The lowest BCUT2D eigenvalue weighted by molar-refractivity contribution is 0.203. The summed E-state index contributed by atoms with van der Waals surface area (Å²) in [5, 5.41) is 15.5. The van der Waals surface area contributed by atoms with Crippen molar-refractivity contribution < 1.29 is 4.74 Å². The molecule has 1 N–H and O–H groups in total. The summed E-state index contributed by atoms with van der Waals surface area (Å²) in [6, 6.07) is 18.5. The van der Waals surface area contributed by atoms with Crippen LogP contribution in [0.15, 0.2) is 54.6 Å². The van der Waals surface area contributed by atoms with Gasteiger partial charge in [0.25, 0.3) is 0 Å². The van der Waals surface area contributed by atoms with Crippen molar-refractivity contribution in [1.82, 2.24) is 20.6 Å². The minimum atomic E-state index is 0.273. The van der Waals surface area contributed by atoms with Gasteiger partial charge in [0, 0.05) is 5.56 Å². The van der Waals surface area contributed by atoms with Crippen LogP contribution in [0.1, 0.15) is 49.3 Å².